The molecule has 0 heterocycles. The Hall–Kier alpha value is -0.220. The van der Waals surface area contributed by atoms with Gasteiger partial charge in [-0.05, 0) is 19.7 Å². The lowest BCUT2D eigenvalue weighted by atomic mass is 10.4. The molecule has 4 heteroatoms. The van der Waals surface area contributed by atoms with Gasteiger partial charge in [0.05, 0.1) is 13.2 Å². The van der Waals surface area contributed by atoms with E-state index in [1.165, 1.54) is 0 Å². The van der Waals surface area contributed by atoms with Gasteiger partial charge in [0.2, 0.25) is 0 Å². The summed E-state index contributed by atoms with van der Waals surface area (Å²) in [7, 11) is 1.94. The van der Waals surface area contributed by atoms with Crippen molar-refractivity contribution in [3.8, 4) is 0 Å². The number of hydrogen-bond donors (Lipinski definition) is 0. The summed E-state index contributed by atoms with van der Waals surface area (Å²) < 4.78 is 5.05. The summed E-state index contributed by atoms with van der Waals surface area (Å²) in [5.41, 5.74) is 0. The quantitative estimate of drug-likeness (QED) is 0.458. The zero-order valence-electron chi connectivity index (χ0n) is 9.41. The van der Waals surface area contributed by atoms with Gasteiger partial charge in [-0.1, -0.05) is 13.3 Å². The normalized spacial score (nSPS) is 10.6. The predicted octanol–water partition coefficient (Wildman–Crippen LogP) is 1.62. The molecule has 0 amide bonds. The molecule has 0 aromatic rings. The van der Waals surface area contributed by atoms with E-state index >= 15 is 0 Å². The van der Waals surface area contributed by atoms with E-state index < -0.39 is 0 Å². The molecule has 84 valence electrons. The summed E-state index contributed by atoms with van der Waals surface area (Å²) in [4.78, 5) is 13.2. The first kappa shape index (κ1) is 13.8. The highest BCUT2D eigenvalue weighted by Crippen LogP contribution is 1.94. The first-order valence-corrected chi connectivity index (χ1v) is 6.43. The number of hydrogen-bond acceptors (Lipinski definition) is 4. The van der Waals surface area contributed by atoms with Crippen LogP contribution >= 0.6 is 11.8 Å². The summed E-state index contributed by atoms with van der Waals surface area (Å²) in [6.07, 6.45) is 4.09. The van der Waals surface area contributed by atoms with Crippen LogP contribution in [0.15, 0.2) is 0 Å². The number of esters is 1. The van der Waals surface area contributed by atoms with Gasteiger partial charge >= 0.3 is 5.97 Å². The Morgan fingerprint density at radius 3 is 2.79 bits per heavy atom. The topological polar surface area (TPSA) is 29.5 Å². The van der Waals surface area contributed by atoms with Gasteiger partial charge in [0.15, 0.2) is 0 Å². The highest BCUT2D eigenvalue weighted by atomic mass is 32.2. The van der Waals surface area contributed by atoms with E-state index in [0.717, 1.165) is 25.1 Å². The van der Waals surface area contributed by atoms with Crippen LogP contribution in [0.3, 0.4) is 0 Å². The molecule has 14 heavy (non-hydrogen) atoms. The van der Waals surface area contributed by atoms with E-state index in [-0.39, 0.29) is 5.97 Å². The van der Waals surface area contributed by atoms with Gasteiger partial charge in [-0.25, -0.2) is 0 Å². The minimum Gasteiger partial charge on any atom is -0.465 e. The summed E-state index contributed by atoms with van der Waals surface area (Å²) in [6, 6.07) is 0. The first-order valence-electron chi connectivity index (χ1n) is 5.03. The maximum atomic E-state index is 11.2. The van der Waals surface area contributed by atoms with Crippen LogP contribution in [-0.2, 0) is 9.53 Å². The van der Waals surface area contributed by atoms with Crippen molar-refractivity contribution < 1.29 is 9.53 Å². The number of thioether (sulfide) groups is 1. The molecule has 0 atom stereocenters. The Kier molecular flexibility index (Phi) is 9.19. The van der Waals surface area contributed by atoms with Gasteiger partial charge < -0.3 is 4.74 Å². The van der Waals surface area contributed by atoms with Crippen LogP contribution in [0.4, 0.5) is 0 Å². The Morgan fingerprint density at radius 1 is 1.50 bits per heavy atom. The minimum absolute atomic E-state index is 0.109. The van der Waals surface area contributed by atoms with E-state index in [1.54, 1.807) is 11.8 Å². The molecule has 0 N–H and O–H groups in total. The van der Waals surface area contributed by atoms with Crippen molar-refractivity contribution in [3.05, 3.63) is 0 Å². The highest BCUT2D eigenvalue weighted by Gasteiger charge is 2.06. The molecule has 0 aromatic heterocycles. The average molecular weight is 219 g/mol. The van der Waals surface area contributed by atoms with E-state index in [0.29, 0.717) is 13.2 Å². The fourth-order valence-corrected chi connectivity index (χ4v) is 1.42. The van der Waals surface area contributed by atoms with Gasteiger partial charge in [0.1, 0.15) is 0 Å². The van der Waals surface area contributed by atoms with Gasteiger partial charge in [-0.2, -0.15) is 11.8 Å². The molecule has 0 aliphatic heterocycles. The first-order chi connectivity index (χ1) is 6.70. The van der Waals surface area contributed by atoms with Crippen LogP contribution in [0, 0.1) is 0 Å². The molecule has 0 rings (SSSR count). The minimum atomic E-state index is -0.109. The van der Waals surface area contributed by atoms with E-state index in [1.807, 2.05) is 11.9 Å². The van der Waals surface area contributed by atoms with Crippen molar-refractivity contribution in [2.24, 2.45) is 0 Å². The fourth-order valence-electron chi connectivity index (χ4n) is 0.923. The molecule has 0 saturated carbocycles. The van der Waals surface area contributed by atoms with Crippen LogP contribution in [0.2, 0.25) is 0 Å². The summed E-state index contributed by atoms with van der Waals surface area (Å²) >= 11 is 1.78. The van der Waals surface area contributed by atoms with Crippen LogP contribution < -0.4 is 0 Å². The van der Waals surface area contributed by atoms with Crippen LogP contribution in [0.5, 0.6) is 0 Å². The zero-order chi connectivity index (χ0) is 10.8. The molecular weight excluding hydrogens is 198 g/mol. The number of carbonyl (C=O) groups excluding carboxylic acids is 1. The second-order valence-electron chi connectivity index (χ2n) is 3.30. The largest absolute Gasteiger partial charge is 0.465 e. The molecule has 0 unspecified atom stereocenters. The van der Waals surface area contributed by atoms with Gasteiger partial charge in [-0.15, -0.1) is 0 Å². The standard InChI is InChI=1S/C10H21NO2S/c1-4-5-7-13-10(12)9-11(2)6-8-14-3/h4-9H2,1-3H3. The molecule has 3 nitrogen and oxygen atoms in total. The Labute approximate surface area is 91.2 Å². The second kappa shape index (κ2) is 9.34. The lowest BCUT2D eigenvalue weighted by Crippen LogP contribution is -2.29. The number of rotatable bonds is 8. The van der Waals surface area contributed by atoms with Crippen molar-refractivity contribution in [1.29, 1.82) is 0 Å². The maximum Gasteiger partial charge on any atom is 0.320 e. The van der Waals surface area contributed by atoms with Crippen molar-refractivity contribution >= 4 is 17.7 Å². The molecule has 0 saturated heterocycles. The summed E-state index contributed by atoms with van der Waals surface area (Å²) in [5, 5.41) is 0. The van der Waals surface area contributed by atoms with Crippen molar-refractivity contribution in [2.45, 2.75) is 19.8 Å². The molecule has 0 aromatic carbocycles. The summed E-state index contributed by atoms with van der Waals surface area (Å²) in [6.45, 7) is 3.98. The molecule has 0 aliphatic carbocycles. The van der Waals surface area contributed by atoms with Crippen LogP contribution in [0.1, 0.15) is 19.8 Å². The molecular formula is C10H21NO2S. The monoisotopic (exact) mass is 219 g/mol. The third-order valence-corrected chi connectivity index (χ3v) is 2.43. The Balaban J connectivity index is 3.40. The fraction of sp³-hybridized carbons (Fsp3) is 0.900. The predicted molar refractivity (Wildman–Crippen MR) is 61.7 cm³/mol. The van der Waals surface area contributed by atoms with Gasteiger partial charge in [-0.3, -0.25) is 9.69 Å². The Morgan fingerprint density at radius 2 is 2.21 bits per heavy atom. The van der Waals surface area contributed by atoms with E-state index in [2.05, 4.69) is 13.2 Å². The third kappa shape index (κ3) is 8.38. The van der Waals surface area contributed by atoms with Crippen LogP contribution in [-0.4, -0.2) is 49.6 Å². The summed E-state index contributed by atoms with van der Waals surface area (Å²) in [5.74, 6) is 0.945. The zero-order valence-corrected chi connectivity index (χ0v) is 10.2. The SMILES string of the molecule is CCCCOC(=O)CN(C)CCSC. The smallest absolute Gasteiger partial charge is 0.320 e. The van der Waals surface area contributed by atoms with Gasteiger partial charge in [0.25, 0.3) is 0 Å². The van der Waals surface area contributed by atoms with Crippen LogP contribution in [0.25, 0.3) is 0 Å². The third-order valence-electron chi connectivity index (χ3n) is 1.84. The number of likely N-dealkylation sites (N-methyl/N-ethyl adjacent to an activating group) is 1. The number of ether oxygens (including phenoxy) is 1. The molecule has 0 fully saturated rings. The van der Waals surface area contributed by atoms with Gasteiger partial charge in [0, 0.05) is 12.3 Å². The second-order valence-corrected chi connectivity index (χ2v) is 4.29. The highest BCUT2D eigenvalue weighted by molar-refractivity contribution is 7.98. The van der Waals surface area contributed by atoms with Crippen molar-refractivity contribution in [2.75, 3.05) is 38.8 Å². The Bertz CT molecular complexity index is 153. The van der Waals surface area contributed by atoms with E-state index in [4.69, 9.17) is 4.74 Å². The van der Waals surface area contributed by atoms with Crippen molar-refractivity contribution in [3.63, 3.8) is 0 Å². The van der Waals surface area contributed by atoms with Crippen molar-refractivity contribution in [1.82, 2.24) is 4.90 Å². The lowest BCUT2D eigenvalue weighted by molar-refractivity contribution is -0.144. The molecule has 0 aliphatic rings. The molecule has 0 bridgehead atoms. The molecule has 0 radical (unpaired) electrons. The number of unbranched alkanes of at least 4 members (excludes halogenated alkanes) is 1. The molecule has 0 spiro atoms. The number of nitrogens with zero attached hydrogens (tertiary/aromatic N) is 1. The lowest BCUT2D eigenvalue weighted by Gasteiger charge is -2.14. The maximum absolute atomic E-state index is 11.2. The van der Waals surface area contributed by atoms with E-state index in [9.17, 15) is 4.79 Å². The number of carbonyl (C=O) groups is 1. The average Bonchev–Trinajstić information content (AvgIpc) is 2.15.